The van der Waals surface area contributed by atoms with Crippen molar-refractivity contribution in [3.63, 3.8) is 0 Å². The molecule has 5 heteroatoms. The first-order valence-corrected chi connectivity index (χ1v) is 13.9. The SMILES string of the molecule is CCCCCCCCCCCCCCCCCCCOP(=O)(O)Oc1ccccc1. The number of phosphoric ester groups is 1. The third kappa shape index (κ3) is 16.9. The van der Waals surface area contributed by atoms with Crippen molar-refractivity contribution in [2.45, 2.75) is 116 Å². The van der Waals surface area contributed by atoms with Gasteiger partial charge in [-0.25, -0.2) is 4.57 Å². The van der Waals surface area contributed by atoms with E-state index in [9.17, 15) is 9.46 Å². The molecule has 0 aliphatic heterocycles. The summed E-state index contributed by atoms with van der Waals surface area (Å²) in [5.74, 6) is 0.353. The summed E-state index contributed by atoms with van der Waals surface area (Å²) >= 11 is 0. The van der Waals surface area contributed by atoms with E-state index in [4.69, 9.17) is 9.05 Å². The molecule has 4 nitrogen and oxygen atoms in total. The standard InChI is InChI=1S/C25H45O4P/c1-2-3-4-5-6-7-8-9-10-11-12-13-14-15-16-17-21-24-28-30(26,27)29-25-22-19-18-20-23-25/h18-20,22-23H,2-17,21,24H2,1H3,(H,26,27). The van der Waals surface area contributed by atoms with E-state index in [1.54, 1.807) is 24.3 Å². The average molecular weight is 441 g/mol. The number of hydrogen-bond donors (Lipinski definition) is 1. The Balaban J connectivity index is 1.80. The molecule has 0 saturated carbocycles. The quantitative estimate of drug-likeness (QED) is 0.153. The van der Waals surface area contributed by atoms with Crippen LogP contribution in [0.4, 0.5) is 0 Å². The molecule has 174 valence electrons. The van der Waals surface area contributed by atoms with Gasteiger partial charge in [-0.2, -0.15) is 0 Å². The molecule has 0 saturated heterocycles. The van der Waals surface area contributed by atoms with Crippen LogP contribution in [0.2, 0.25) is 0 Å². The van der Waals surface area contributed by atoms with E-state index >= 15 is 0 Å². The molecule has 1 aromatic rings. The van der Waals surface area contributed by atoms with E-state index in [1.165, 1.54) is 89.9 Å². The minimum Gasteiger partial charge on any atom is -0.404 e. The second-order valence-electron chi connectivity index (χ2n) is 8.36. The van der Waals surface area contributed by atoms with Gasteiger partial charge in [0.25, 0.3) is 0 Å². The van der Waals surface area contributed by atoms with E-state index in [0.717, 1.165) is 19.3 Å². The number of rotatable bonds is 21. The van der Waals surface area contributed by atoms with Gasteiger partial charge in [-0.05, 0) is 18.6 Å². The van der Waals surface area contributed by atoms with Gasteiger partial charge in [0.15, 0.2) is 0 Å². The first-order valence-electron chi connectivity index (χ1n) is 12.4. The second kappa shape index (κ2) is 18.9. The predicted octanol–water partition coefficient (Wildman–Crippen LogP) is 8.83. The van der Waals surface area contributed by atoms with Gasteiger partial charge in [-0.1, -0.05) is 128 Å². The molecule has 1 unspecified atom stereocenters. The summed E-state index contributed by atoms with van der Waals surface area (Å²) in [6, 6.07) is 8.62. The van der Waals surface area contributed by atoms with E-state index in [-0.39, 0.29) is 6.61 Å². The third-order valence-electron chi connectivity index (χ3n) is 5.47. The first-order chi connectivity index (χ1) is 14.6. The third-order valence-corrected chi connectivity index (χ3v) is 6.42. The number of phosphoric acid groups is 1. The second-order valence-corrected chi connectivity index (χ2v) is 9.74. The van der Waals surface area contributed by atoms with Crippen molar-refractivity contribution in [1.29, 1.82) is 0 Å². The fraction of sp³-hybridized carbons (Fsp3) is 0.760. The van der Waals surface area contributed by atoms with Crippen LogP contribution in [0.5, 0.6) is 5.75 Å². The molecule has 0 heterocycles. The van der Waals surface area contributed by atoms with Crippen LogP contribution in [0.15, 0.2) is 30.3 Å². The molecule has 0 fully saturated rings. The molecule has 30 heavy (non-hydrogen) atoms. The molecular weight excluding hydrogens is 395 g/mol. The van der Waals surface area contributed by atoms with Gasteiger partial charge in [-0.3, -0.25) is 9.42 Å². The van der Waals surface area contributed by atoms with Gasteiger partial charge < -0.3 is 4.52 Å². The highest BCUT2D eigenvalue weighted by Gasteiger charge is 2.22. The zero-order chi connectivity index (χ0) is 21.8. The summed E-state index contributed by atoms with van der Waals surface area (Å²) in [7, 11) is -4.01. The van der Waals surface area contributed by atoms with Crippen molar-refractivity contribution in [1.82, 2.24) is 0 Å². The Morgan fingerprint density at radius 3 is 1.50 bits per heavy atom. The fourth-order valence-corrected chi connectivity index (χ4v) is 4.45. The van der Waals surface area contributed by atoms with Crippen molar-refractivity contribution in [3.05, 3.63) is 30.3 Å². The van der Waals surface area contributed by atoms with E-state index in [1.807, 2.05) is 6.07 Å². The maximum absolute atomic E-state index is 11.9. The molecule has 0 aromatic heterocycles. The summed E-state index contributed by atoms with van der Waals surface area (Å²) in [6.07, 6.45) is 22.3. The molecule has 0 radical (unpaired) electrons. The van der Waals surface area contributed by atoms with Crippen molar-refractivity contribution in [2.24, 2.45) is 0 Å². The summed E-state index contributed by atoms with van der Waals surface area (Å²) in [6.45, 7) is 2.54. The molecular formula is C25H45O4P. The van der Waals surface area contributed by atoms with E-state index < -0.39 is 7.82 Å². The van der Waals surface area contributed by atoms with Gasteiger partial charge in [0.1, 0.15) is 5.75 Å². The van der Waals surface area contributed by atoms with Gasteiger partial charge >= 0.3 is 7.82 Å². The Kier molecular flexibility index (Phi) is 17.1. The Bertz CT molecular complexity index is 535. The van der Waals surface area contributed by atoms with Gasteiger partial charge in [-0.15, -0.1) is 0 Å². The lowest BCUT2D eigenvalue weighted by molar-refractivity contribution is 0.199. The smallest absolute Gasteiger partial charge is 0.404 e. The topological polar surface area (TPSA) is 55.8 Å². The maximum atomic E-state index is 11.9. The number of benzene rings is 1. The Morgan fingerprint density at radius 2 is 1.07 bits per heavy atom. The van der Waals surface area contributed by atoms with E-state index in [0.29, 0.717) is 5.75 Å². The van der Waals surface area contributed by atoms with E-state index in [2.05, 4.69) is 6.92 Å². The summed E-state index contributed by atoms with van der Waals surface area (Å²) in [4.78, 5) is 9.71. The van der Waals surface area contributed by atoms with Crippen molar-refractivity contribution in [2.75, 3.05) is 6.61 Å². The highest BCUT2D eigenvalue weighted by molar-refractivity contribution is 7.47. The molecule has 0 bridgehead atoms. The molecule has 0 aliphatic carbocycles. The zero-order valence-electron chi connectivity index (χ0n) is 19.2. The highest BCUT2D eigenvalue weighted by Crippen LogP contribution is 2.43. The number of hydrogen-bond acceptors (Lipinski definition) is 3. The Hall–Kier alpha value is -0.830. The van der Waals surface area contributed by atoms with Crippen LogP contribution in [0, 0.1) is 0 Å². The fourth-order valence-electron chi connectivity index (χ4n) is 3.65. The lowest BCUT2D eigenvalue weighted by atomic mass is 10.0. The van der Waals surface area contributed by atoms with Crippen LogP contribution in [-0.4, -0.2) is 11.5 Å². The normalized spacial score (nSPS) is 13.3. The minimum absolute atomic E-state index is 0.263. The Morgan fingerprint density at radius 1 is 0.667 bits per heavy atom. The number of para-hydroxylation sites is 1. The minimum atomic E-state index is -4.01. The first kappa shape index (κ1) is 27.2. The largest absolute Gasteiger partial charge is 0.527 e. The lowest BCUT2D eigenvalue weighted by Gasteiger charge is -2.12. The van der Waals surface area contributed by atoms with Crippen molar-refractivity contribution < 1.29 is 18.5 Å². The molecule has 0 spiro atoms. The molecule has 1 rings (SSSR count). The highest BCUT2D eigenvalue weighted by atomic mass is 31.2. The van der Waals surface area contributed by atoms with Gasteiger partial charge in [0.2, 0.25) is 0 Å². The number of unbranched alkanes of at least 4 members (excludes halogenated alkanes) is 16. The van der Waals surface area contributed by atoms with Gasteiger partial charge in [0.05, 0.1) is 6.61 Å². The summed E-state index contributed by atoms with van der Waals surface area (Å²) < 4.78 is 21.9. The summed E-state index contributed by atoms with van der Waals surface area (Å²) in [5.41, 5.74) is 0. The average Bonchev–Trinajstić information content (AvgIpc) is 2.73. The van der Waals surface area contributed by atoms with Crippen LogP contribution in [0.3, 0.4) is 0 Å². The predicted molar refractivity (Wildman–Crippen MR) is 127 cm³/mol. The molecule has 1 atom stereocenters. The van der Waals surface area contributed by atoms with Crippen molar-refractivity contribution >= 4 is 7.82 Å². The monoisotopic (exact) mass is 440 g/mol. The van der Waals surface area contributed by atoms with Crippen molar-refractivity contribution in [3.8, 4) is 5.75 Å². The lowest BCUT2D eigenvalue weighted by Crippen LogP contribution is -1.99. The molecule has 1 N–H and O–H groups in total. The van der Waals surface area contributed by atoms with Crippen LogP contribution < -0.4 is 4.52 Å². The van der Waals surface area contributed by atoms with Crippen LogP contribution in [0.25, 0.3) is 0 Å². The molecule has 0 aliphatic rings. The summed E-state index contributed by atoms with van der Waals surface area (Å²) in [5, 5.41) is 0. The van der Waals surface area contributed by atoms with Crippen LogP contribution >= 0.6 is 7.82 Å². The van der Waals surface area contributed by atoms with Crippen LogP contribution in [0.1, 0.15) is 116 Å². The Labute approximate surface area is 185 Å². The molecule has 1 aromatic carbocycles. The zero-order valence-corrected chi connectivity index (χ0v) is 20.1. The van der Waals surface area contributed by atoms with Gasteiger partial charge in [0, 0.05) is 0 Å². The molecule has 0 amide bonds. The maximum Gasteiger partial charge on any atom is 0.527 e. The van der Waals surface area contributed by atoms with Crippen LogP contribution in [-0.2, 0) is 9.09 Å².